The molecule has 1 unspecified atom stereocenters. The van der Waals surface area contributed by atoms with Gasteiger partial charge in [-0.25, -0.2) is 4.98 Å². The van der Waals surface area contributed by atoms with Crippen molar-refractivity contribution in [3.8, 4) is 0 Å². The molecule has 1 atom stereocenters. The summed E-state index contributed by atoms with van der Waals surface area (Å²) < 4.78 is 81.2. The fourth-order valence-electron chi connectivity index (χ4n) is 3.55. The normalized spacial score (nSPS) is 17.2. The first-order chi connectivity index (χ1) is 14.1. The standard InChI is InChI=1S/C20H21F6N3O/c21-19(22,23)7-11-30-18(15-2-1-8-27-12-15)14-5-9-29(10-6-14)16-3-4-17(28-13-16)20(24,25)26/h1-4,8,12-14,18H,5-7,9-11H2. The second kappa shape index (κ2) is 9.20. The SMILES string of the molecule is FC(F)(F)CCOC(c1cccnc1)C1CCN(c2ccc(C(F)(F)F)nc2)CC1. The van der Waals surface area contributed by atoms with E-state index in [1.54, 1.807) is 24.5 Å². The van der Waals surface area contributed by atoms with E-state index >= 15 is 0 Å². The first kappa shape index (κ1) is 22.3. The molecule has 0 saturated carbocycles. The molecular formula is C20H21F6N3O. The van der Waals surface area contributed by atoms with E-state index in [0.29, 0.717) is 37.2 Å². The molecule has 0 radical (unpaired) electrons. The zero-order valence-corrected chi connectivity index (χ0v) is 16.0. The molecule has 2 aromatic rings. The minimum atomic E-state index is -4.49. The zero-order valence-electron chi connectivity index (χ0n) is 16.0. The Bertz CT molecular complexity index is 787. The topological polar surface area (TPSA) is 38.2 Å². The largest absolute Gasteiger partial charge is 0.433 e. The van der Waals surface area contributed by atoms with Gasteiger partial charge in [-0.05, 0) is 42.5 Å². The van der Waals surface area contributed by atoms with E-state index in [-0.39, 0.29) is 5.92 Å². The number of rotatable bonds is 6. The van der Waals surface area contributed by atoms with E-state index in [1.807, 2.05) is 4.90 Å². The molecular weight excluding hydrogens is 412 g/mol. The van der Waals surface area contributed by atoms with Crippen molar-refractivity contribution in [1.29, 1.82) is 0 Å². The smallest absolute Gasteiger partial charge is 0.373 e. The number of halogens is 6. The lowest BCUT2D eigenvalue weighted by Gasteiger charge is -2.37. The summed E-state index contributed by atoms with van der Waals surface area (Å²) in [6.07, 6.45) is -4.73. The number of hydrogen-bond donors (Lipinski definition) is 0. The third-order valence-electron chi connectivity index (χ3n) is 5.07. The number of alkyl halides is 6. The average molecular weight is 433 g/mol. The predicted molar refractivity (Wildman–Crippen MR) is 97.8 cm³/mol. The summed E-state index contributed by atoms with van der Waals surface area (Å²) >= 11 is 0. The second-order valence-electron chi connectivity index (χ2n) is 7.17. The molecule has 10 heteroatoms. The summed E-state index contributed by atoms with van der Waals surface area (Å²) in [5.74, 6) is -0.0268. The second-order valence-corrected chi connectivity index (χ2v) is 7.17. The van der Waals surface area contributed by atoms with Crippen molar-refractivity contribution in [2.24, 2.45) is 5.92 Å². The number of hydrogen-bond acceptors (Lipinski definition) is 4. The lowest BCUT2D eigenvalue weighted by atomic mass is 9.87. The molecule has 0 amide bonds. The first-order valence-corrected chi connectivity index (χ1v) is 9.50. The monoisotopic (exact) mass is 433 g/mol. The van der Waals surface area contributed by atoms with Gasteiger partial charge in [-0.1, -0.05) is 6.07 Å². The molecule has 0 bridgehead atoms. The van der Waals surface area contributed by atoms with Crippen molar-refractivity contribution in [2.45, 2.75) is 37.7 Å². The molecule has 30 heavy (non-hydrogen) atoms. The van der Waals surface area contributed by atoms with Crippen LogP contribution in [0.2, 0.25) is 0 Å². The Morgan fingerprint density at radius 2 is 1.77 bits per heavy atom. The van der Waals surface area contributed by atoms with Crippen LogP contribution < -0.4 is 4.90 Å². The summed E-state index contributed by atoms with van der Waals surface area (Å²) in [7, 11) is 0. The molecule has 0 spiro atoms. The van der Waals surface area contributed by atoms with Gasteiger partial charge in [-0.3, -0.25) is 4.98 Å². The van der Waals surface area contributed by atoms with E-state index in [0.717, 1.165) is 6.07 Å². The third kappa shape index (κ3) is 6.07. The summed E-state index contributed by atoms with van der Waals surface area (Å²) in [6.45, 7) is 0.639. The number of ether oxygens (including phenoxy) is 1. The highest BCUT2D eigenvalue weighted by Gasteiger charge is 2.33. The lowest BCUT2D eigenvalue weighted by molar-refractivity contribution is -0.152. The van der Waals surface area contributed by atoms with Gasteiger partial charge in [0.15, 0.2) is 0 Å². The number of aromatic nitrogens is 2. The van der Waals surface area contributed by atoms with Crippen molar-refractivity contribution >= 4 is 5.69 Å². The fraction of sp³-hybridized carbons (Fsp3) is 0.500. The number of nitrogens with zero attached hydrogens (tertiary/aromatic N) is 3. The maximum Gasteiger partial charge on any atom is 0.433 e. The van der Waals surface area contributed by atoms with Crippen LogP contribution in [0.5, 0.6) is 0 Å². The molecule has 164 valence electrons. The van der Waals surface area contributed by atoms with Crippen molar-refractivity contribution in [3.63, 3.8) is 0 Å². The van der Waals surface area contributed by atoms with Crippen LogP contribution in [-0.2, 0) is 10.9 Å². The summed E-state index contributed by atoms with van der Waals surface area (Å²) in [4.78, 5) is 9.44. The first-order valence-electron chi connectivity index (χ1n) is 9.50. The van der Waals surface area contributed by atoms with Crippen LogP contribution in [-0.4, -0.2) is 35.8 Å². The zero-order chi connectivity index (χ0) is 21.8. The Kier molecular flexibility index (Phi) is 6.84. The van der Waals surface area contributed by atoms with Gasteiger partial charge in [-0.2, -0.15) is 26.3 Å². The van der Waals surface area contributed by atoms with Crippen molar-refractivity contribution < 1.29 is 31.1 Å². The van der Waals surface area contributed by atoms with Gasteiger partial charge in [0.2, 0.25) is 0 Å². The highest BCUT2D eigenvalue weighted by atomic mass is 19.4. The van der Waals surface area contributed by atoms with Crippen LogP contribution in [0.25, 0.3) is 0 Å². The number of piperidine rings is 1. The average Bonchev–Trinajstić information content (AvgIpc) is 2.71. The number of pyridine rings is 2. The highest BCUT2D eigenvalue weighted by molar-refractivity contribution is 5.45. The highest BCUT2D eigenvalue weighted by Crippen LogP contribution is 2.36. The molecule has 3 heterocycles. The molecule has 1 fully saturated rings. The third-order valence-corrected chi connectivity index (χ3v) is 5.07. The minimum absolute atomic E-state index is 0.0268. The van der Waals surface area contributed by atoms with Gasteiger partial charge in [0.1, 0.15) is 5.69 Å². The molecule has 0 N–H and O–H groups in total. The van der Waals surface area contributed by atoms with Crippen molar-refractivity contribution in [3.05, 3.63) is 54.1 Å². The summed E-state index contributed by atoms with van der Waals surface area (Å²) in [6, 6.07) is 5.81. The molecule has 1 saturated heterocycles. The van der Waals surface area contributed by atoms with Gasteiger partial charge in [0, 0.05) is 25.5 Å². The maximum absolute atomic E-state index is 12.7. The Morgan fingerprint density at radius 1 is 1.03 bits per heavy atom. The van der Waals surface area contributed by atoms with E-state index < -0.39 is 37.2 Å². The van der Waals surface area contributed by atoms with Gasteiger partial charge in [0.05, 0.1) is 31.0 Å². The van der Waals surface area contributed by atoms with Gasteiger partial charge in [-0.15, -0.1) is 0 Å². The summed E-state index contributed by atoms with van der Waals surface area (Å²) in [5.41, 5.74) is 0.350. The van der Waals surface area contributed by atoms with Crippen LogP contribution in [0.15, 0.2) is 42.9 Å². The van der Waals surface area contributed by atoms with Crippen molar-refractivity contribution in [2.75, 3.05) is 24.6 Å². The molecule has 1 aliphatic heterocycles. The van der Waals surface area contributed by atoms with E-state index in [9.17, 15) is 26.3 Å². The van der Waals surface area contributed by atoms with Crippen LogP contribution in [0.3, 0.4) is 0 Å². The maximum atomic E-state index is 12.7. The molecule has 1 aliphatic rings. The van der Waals surface area contributed by atoms with Crippen LogP contribution >= 0.6 is 0 Å². The van der Waals surface area contributed by atoms with Crippen molar-refractivity contribution in [1.82, 2.24) is 9.97 Å². The Balaban J connectivity index is 1.63. The quantitative estimate of drug-likeness (QED) is 0.570. The molecule has 3 rings (SSSR count). The fourth-order valence-corrected chi connectivity index (χ4v) is 3.55. The van der Waals surface area contributed by atoms with E-state index in [4.69, 9.17) is 4.74 Å². The molecule has 0 aromatic carbocycles. The Hall–Kier alpha value is -2.36. The predicted octanol–water partition coefficient (Wildman–Crippen LogP) is 5.42. The van der Waals surface area contributed by atoms with Crippen LogP contribution in [0.4, 0.5) is 32.0 Å². The van der Waals surface area contributed by atoms with Gasteiger partial charge >= 0.3 is 12.4 Å². The minimum Gasteiger partial charge on any atom is -0.373 e. The van der Waals surface area contributed by atoms with E-state index in [2.05, 4.69) is 9.97 Å². The Labute approximate surface area is 169 Å². The molecule has 2 aromatic heterocycles. The van der Waals surface area contributed by atoms with Gasteiger partial charge < -0.3 is 9.64 Å². The van der Waals surface area contributed by atoms with E-state index in [1.165, 1.54) is 12.3 Å². The number of anilines is 1. The molecule has 4 nitrogen and oxygen atoms in total. The van der Waals surface area contributed by atoms with Gasteiger partial charge in [0.25, 0.3) is 0 Å². The molecule has 0 aliphatic carbocycles. The Morgan fingerprint density at radius 3 is 2.30 bits per heavy atom. The lowest BCUT2D eigenvalue weighted by Crippen LogP contribution is -2.36. The van der Waals surface area contributed by atoms with Crippen LogP contribution in [0.1, 0.15) is 36.6 Å². The summed E-state index contributed by atoms with van der Waals surface area (Å²) in [5, 5.41) is 0. The van der Waals surface area contributed by atoms with Crippen LogP contribution in [0, 0.1) is 5.92 Å².